The van der Waals surface area contributed by atoms with Crippen LogP contribution >= 0.6 is 22.9 Å². The molecule has 14 heteroatoms. The summed E-state index contributed by atoms with van der Waals surface area (Å²) < 4.78 is 28.4. The third kappa shape index (κ3) is 6.50. The molecular weight excluding hydrogens is 576 g/mol. The number of anilines is 2. The molecule has 2 heterocycles. The Hall–Kier alpha value is -3.78. The molecular formula is C26H25ClN6O5S2. The number of hydrogen-bond donors (Lipinski definition) is 2. The highest BCUT2D eigenvalue weighted by molar-refractivity contribution is 7.92. The summed E-state index contributed by atoms with van der Waals surface area (Å²) in [4.78, 5) is 32.4. The number of carbonyl (C=O) groups is 1. The Morgan fingerprint density at radius 2 is 1.73 bits per heavy atom. The fourth-order valence-corrected chi connectivity index (χ4v) is 6.49. The molecule has 40 heavy (non-hydrogen) atoms. The third-order valence-corrected chi connectivity index (χ3v) is 9.18. The maximum Gasteiger partial charge on any atom is 0.270 e. The number of rotatable bonds is 9. The molecule has 1 aliphatic rings. The van der Waals surface area contributed by atoms with Gasteiger partial charge in [-0.3, -0.25) is 24.5 Å². The zero-order chi connectivity index (χ0) is 28.3. The molecule has 1 fully saturated rings. The Morgan fingerprint density at radius 3 is 2.40 bits per heavy atom. The average Bonchev–Trinajstić information content (AvgIpc) is 3.37. The summed E-state index contributed by atoms with van der Waals surface area (Å²) in [6.45, 7) is 4.29. The summed E-state index contributed by atoms with van der Waals surface area (Å²) in [5.74, 6) is -0.241. The quantitative estimate of drug-likeness (QED) is 0.215. The summed E-state index contributed by atoms with van der Waals surface area (Å²) in [6, 6.07) is 16.8. The van der Waals surface area contributed by atoms with Gasteiger partial charge in [-0.2, -0.15) is 0 Å². The van der Waals surface area contributed by atoms with E-state index in [1.807, 2.05) is 0 Å². The lowest BCUT2D eigenvalue weighted by Gasteiger charge is -2.34. The van der Waals surface area contributed by atoms with E-state index in [0.717, 1.165) is 41.5 Å². The lowest BCUT2D eigenvalue weighted by atomic mass is 10.2. The van der Waals surface area contributed by atoms with Crippen LogP contribution in [0.25, 0.3) is 10.2 Å². The van der Waals surface area contributed by atoms with E-state index in [1.54, 1.807) is 36.4 Å². The predicted molar refractivity (Wildman–Crippen MR) is 156 cm³/mol. The fraction of sp³-hybridized carbons (Fsp3) is 0.231. The summed E-state index contributed by atoms with van der Waals surface area (Å²) in [7, 11) is -3.77. The van der Waals surface area contributed by atoms with Crippen LogP contribution in [0.2, 0.25) is 5.02 Å². The largest absolute Gasteiger partial charge is 0.351 e. The van der Waals surface area contributed by atoms with E-state index in [2.05, 4.69) is 24.8 Å². The highest BCUT2D eigenvalue weighted by Crippen LogP contribution is 2.31. The van der Waals surface area contributed by atoms with Crippen molar-refractivity contribution in [1.29, 1.82) is 0 Å². The normalized spacial score (nSPS) is 14.3. The Labute approximate surface area is 239 Å². The number of carbonyl (C=O) groups excluding carboxylic acids is 1. The number of amides is 1. The molecule has 0 atom stereocenters. The lowest BCUT2D eigenvalue weighted by molar-refractivity contribution is -0.384. The molecule has 1 amide bonds. The number of sulfonamides is 1. The standard InChI is InChI=1S/C26H25ClN6O5S2/c27-19-3-8-22(9-4-19)40(37,38)30-20-5-1-18(2-6-20)25(34)28-11-12-31-13-15-32(16-14-31)26-29-23-10-7-21(33(35)36)17-24(23)39-26/h1-10,17,30H,11-16H2,(H,28,34). The van der Waals surface area contributed by atoms with Crippen molar-refractivity contribution in [2.24, 2.45) is 0 Å². The zero-order valence-electron chi connectivity index (χ0n) is 21.1. The number of piperazine rings is 1. The molecule has 1 aliphatic heterocycles. The van der Waals surface area contributed by atoms with Crippen LogP contribution in [0.4, 0.5) is 16.5 Å². The van der Waals surface area contributed by atoms with Crippen molar-refractivity contribution < 1.29 is 18.1 Å². The van der Waals surface area contributed by atoms with Gasteiger partial charge in [-0.1, -0.05) is 22.9 Å². The number of non-ortho nitro benzene ring substituents is 1. The maximum atomic E-state index is 12.6. The van der Waals surface area contributed by atoms with E-state index in [-0.39, 0.29) is 16.5 Å². The fourth-order valence-electron chi connectivity index (χ4n) is 4.26. The number of fused-ring (bicyclic) bond motifs is 1. The van der Waals surface area contributed by atoms with Gasteiger partial charge in [0.1, 0.15) is 0 Å². The molecule has 0 radical (unpaired) electrons. The number of aromatic nitrogens is 1. The van der Waals surface area contributed by atoms with E-state index in [0.29, 0.717) is 29.4 Å². The van der Waals surface area contributed by atoms with E-state index in [1.165, 1.54) is 41.7 Å². The summed E-state index contributed by atoms with van der Waals surface area (Å²) in [5.41, 5.74) is 1.58. The number of benzene rings is 3. The predicted octanol–water partition coefficient (Wildman–Crippen LogP) is 4.21. The first-order chi connectivity index (χ1) is 19.2. The molecule has 5 rings (SSSR count). The van der Waals surface area contributed by atoms with Gasteiger partial charge in [0.2, 0.25) is 0 Å². The van der Waals surface area contributed by atoms with Crippen molar-refractivity contribution in [3.8, 4) is 0 Å². The van der Waals surface area contributed by atoms with Gasteiger partial charge in [0.15, 0.2) is 5.13 Å². The molecule has 11 nitrogen and oxygen atoms in total. The molecule has 3 aromatic carbocycles. The minimum Gasteiger partial charge on any atom is -0.351 e. The molecule has 1 aromatic heterocycles. The first kappa shape index (κ1) is 27.8. The second-order valence-corrected chi connectivity index (χ2v) is 12.3. The summed E-state index contributed by atoms with van der Waals surface area (Å²) in [6.07, 6.45) is 0. The second-order valence-electron chi connectivity index (χ2n) is 9.13. The van der Waals surface area contributed by atoms with Gasteiger partial charge in [0.25, 0.3) is 21.6 Å². The molecule has 0 aliphatic carbocycles. The number of nitrogens with one attached hydrogen (secondary N) is 2. The van der Waals surface area contributed by atoms with Crippen LogP contribution in [0.3, 0.4) is 0 Å². The lowest BCUT2D eigenvalue weighted by Crippen LogP contribution is -2.48. The van der Waals surface area contributed by atoms with E-state index < -0.39 is 14.9 Å². The highest BCUT2D eigenvalue weighted by Gasteiger charge is 2.21. The minimum absolute atomic E-state index is 0.0595. The molecule has 2 N–H and O–H groups in total. The van der Waals surface area contributed by atoms with Crippen molar-refractivity contribution in [1.82, 2.24) is 15.2 Å². The number of nitro groups is 1. The molecule has 0 unspecified atom stereocenters. The van der Waals surface area contributed by atoms with Crippen LogP contribution in [0.15, 0.2) is 71.6 Å². The van der Waals surface area contributed by atoms with Crippen molar-refractivity contribution in [3.05, 3.63) is 87.4 Å². The first-order valence-corrected chi connectivity index (χ1v) is 15.0. The monoisotopic (exact) mass is 600 g/mol. The molecule has 0 bridgehead atoms. The number of nitro benzene ring substituents is 1. The zero-order valence-corrected chi connectivity index (χ0v) is 23.5. The highest BCUT2D eigenvalue weighted by atomic mass is 35.5. The molecule has 1 saturated heterocycles. The van der Waals surface area contributed by atoms with Gasteiger partial charge >= 0.3 is 0 Å². The Morgan fingerprint density at radius 1 is 1.02 bits per heavy atom. The maximum absolute atomic E-state index is 12.6. The molecule has 4 aromatic rings. The van der Waals surface area contributed by atoms with Crippen LogP contribution in [0, 0.1) is 10.1 Å². The number of hydrogen-bond acceptors (Lipinski definition) is 9. The number of nitrogens with zero attached hydrogens (tertiary/aromatic N) is 4. The van der Waals surface area contributed by atoms with Gasteiger partial charge in [-0.15, -0.1) is 0 Å². The van der Waals surface area contributed by atoms with Crippen LogP contribution in [0.5, 0.6) is 0 Å². The van der Waals surface area contributed by atoms with Crippen LogP contribution in [-0.2, 0) is 10.0 Å². The Kier molecular flexibility index (Phi) is 8.17. The van der Waals surface area contributed by atoms with E-state index in [4.69, 9.17) is 11.6 Å². The van der Waals surface area contributed by atoms with E-state index in [9.17, 15) is 23.3 Å². The van der Waals surface area contributed by atoms with Crippen molar-refractivity contribution in [3.63, 3.8) is 0 Å². The Balaban J connectivity index is 1.07. The number of thiazole rings is 1. The van der Waals surface area contributed by atoms with Gasteiger partial charge in [-0.25, -0.2) is 13.4 Å². The van der Waals surface area contributed by atoms with Crippen LogP contribution < -0.4 is 14.9 Å². The van der Waals surface area contributed by atoms with Crippen LogP contribution in [-0.4, -0.2) is 68.4 Å². The average molecular weight is 601 g/mol. The van der Waals surface area contributed by atoms with Crippen LogP contribution in [0.1, 0.15) is 10.4 Å². The minimum atomic E-state index is -3.77. The van der Waals surface area contributed by atoms with E-state index >= 15 is 0 Å². The van der Waals surface area contributed by atoms with Crippen molar-refractivity contribution in [2.75, 3.05) is 48.9 Å². The second kappa shape index (κ2) is 11.8. The number of halogens is 1. The molecule has 208 valence electrons. The third-order valence-electron chi connectivity index (χ3n) is 6.45. The Bertz CT molecular complexity index is 1640. The molecule has 0 spiro atoms. The van der Waals surface area contributed by atoms with Gasteiger partial charge in [-0.05, 0) is 54.6 Å². The van der Waals surface area contributed by atoms with Gasteiger partial charge < -0.3 is 10.2 Å². The topological polar surface area (TPSA) is 138 Å². The van der Waals surface area contributed by atoms with Gasteiger partial charge in [0.05, 0.1) is 20.0 Å². The van der Waals surface area contributed by atoms with Crippen molar-refractivity contribution in [2.45, 2.75) is 4.90 Å². The molecule has 0 saturated carbocycles. The van der Waals surface area contributed by atoms with Crippen molar-refractivity contribution >= 4 is 65.6 Å². The smallest absolute Gasteiger partial charge is 0.270 e. The van der Waals surface area contributed by atoms with Gasteiger partial charge in [0, 0.05) is 67.7 Å². The summed E-state index contributed by atoms with van der Waals surface area (Å²) >= 11 is 7.28. The summed E-state index contributed by atoms with van der Waals surface area (Å²) in [5, 5.41) is 15.2. The first-order valence-electron chi connectivity index (χ1n) is 12.4. The SMILES string of the molecule is O=C(NCCN1CCN(c2nc3ccc([N+](=O)[O-])cc3s2)CC1)c1ccc(NS(=O)(=O)c2ccc(Cl)cc2)cc1.